The molecule has 2 atom stereocenters. The zero-order valence-electron chi connectivity index (χ0n) is 16.7. The predicted octanol–water partition coefficient (Wildman–Crippen LogP) is 4.20. The smallest absolute Gasteiger partial charge is 0.219 e. The molecule has 27 heavy (non-hydrogen) atoms. The first-order valence-electron chi connectivity index (χ1n) is 9.99. The molecule has 1 amide bonds. The summed E-state index contributed by atoms with van der Waals surface area (Å²) in [5.74, 6) is 1.50. The summed E-state index contributed by atoms with van der Waals surface area (Å²) in [6.07, 6.45) is 8.12. The van der Waals surface area contributed by atoms with Crippen LogP contribution in [0.2, 0.25) is 0 Å². The molecule has 0 spiro atoms. The van der Waals surface area contributed by atoms with Crippen molar-refractivity contribution in [1.82, 2.24) is 4.90 Å². The van der Waals surface area contributed by atoms with Gasteiger partial charge in [-0.05, 0) is 69.1 Å². The van der Waals surface area contributed by atoms with Gasteiger partial charge in [0.1, 0.15) is 0 Å². The molecular formula is C22H30N2O3. The SMILES string of the molecule is COc1ccc(C2(C#N)CCCC(N(C)C(C)=O)C2)cc1OC1CCCC1. The molecule has 2 fully saturated rings. The highest BCUT2D eigenvalue weighted by Crippen LogP contribution is 2.43. The lowest BCUT2D eigenvalue weighted by atomic mass is 9.68. The lowest BCUT2D eigenvalue weighted by molar-refractivity contribution is -0.130. The van der Waals surface area contributed by atoms with Crippen LogP contribution in [0.1, 0.15) is 63.9 Å². The van der Waals surface area contributed by atoms with Crippen molar-refractivity contribution in [2.45, 2.75) is 75.9 Å². The van der Waals surface area contributed by atoms with E-state index in [2.05, 4.69) is 6.07 Å². The van der Waals surface area contributed by atoms with E-state index in [1.807, 2.05) is 25.2 Å². The number of amides is 1. The second kappa shape index (κ2) is 8.21. The van der Waals surface area contributed by atoms with Crippen LogP contribution in [0.15, 0.2) is 18.2 Å². The lowest BCUT2D eigenvalue weighted by Crippen LogP contribution is -2.44. The second-order valence-electron chi connectivity index (χ2n) is 7.96. The van der Waals surface area contributed by atoms with Gasteiger partial charge >= 0.3 is 0 Å². The van der Waals surface area contributed by atoms with Gasteiger partial charge in [-0.3, -0.25) is 4.79 Å². The molecule has 2 unspecified atom stereocenters. The maximum absolute atomic E-state index is 11.8. The van der Waals surface area contributed by atoms with Crippen LogP contribution in [0, 0.1) is 11.3 Å². The zero-order valence-corrected chi connectivity index (χ0v) is 16.7. The van der Waals surface area contributed by atoms with E-state index in [4.69, 9.17) is 9.47 Å². The Hall–Kier alpha value is -2.22. The molecule has 0 N–H and O–H groups in total. The number of hydrogen-bond acceptors (Lipinski definition) is 4. The van der Waals surface area contributed by atoms with Crippen LogP contribution >= 0.6 is 0 Å². The van der Waals surface area contributed by atoms with Gasteiger partial charge in [0.05, 0.1) is 24.7 Å². The van der Waals surface area contributed by atoms with E-state index in [1.54, 1.807) is 18.9 Å². The van der Waals surface area contributed by atoms with Crippen LogP contribution in [0.5, 0.6) is 11.5 Å². The Labute approximate surface area is 162 Å². The Kier molecular flexibility index (Phi) is 5.94. The molecule has 1 aromatic rings. The summed E-state index contributed by atoms with van der Waals surface area (Å²) in [5.41, 5.74) is 0.382. The Morgan fingerprint density at radius 3 is 2.59 bits per heavy atom. The van der Waals surface area contributed by atoms with Crippen LogP contribution < -0.4 is 9.47 Å². The highest BCUT2D eigenvalue weighted by molar-refractivity contribution is 5.73. The molecule has 2 saturated carbocycles. The normalized spacial score (nSPS) is 25.6. The molecule has 5 nitrogen and oxygen atoms in total. The third-order valence-corrected chi connectivity index (χ3v) is 6.30. The first-order valence-corrected chi connectivity index (χ1v) is 9.99. The Morgan fingerprint density at radius 2 is 1.96 bits per heavy atom. The minimum atomic E-state index is -0.591. The fourth-order valence-electron chi connectivity index (χ4n) is 4.51. The van der Waals surface area contributed by atoms with Gasteiger partial charge in [0, 0.05) is 20.0 Å². The molecule has 0 aliphatic heterocycles. The molecule has 146 valence electrons. The van der Waals surface area contributed by atoms with Crippen LogP contribution in [0.4, 0.5) is 0 Å². The van der Waals surface area contributed by atoms with Crippen molar-refractivity contribution >= 4 is 5.91 Å². The number of carbonyl (C=O) groups excluding carboxylic acids is 1. The van der Waals surface area contributed by atoms with Crippen molar-refractivity contribution in [3.63, 3.8) is 0 Å². The highest BCUT2D eigenvalue weighted by atomic mass is 16.5. The van der Waals surface area contributed by atoms with Crippen molar-refractivity contribution < 1.29 is 14.3 Å². The van der Waals surface area contributed by atoms with Crippen LogP contribution in [-0.4, -0.2) is 37.1 Å². The largest absolute Gasteiger partial charge is 0.493 e. The predicted molar refractivity (Wildman–Crippen MR) is 104 cm³/mol. The number of carbonyl (C=O) groups is 1. The monoisotopic (exact) mass is 370 g/mol. The maximum Gasteiger partial charge on any atom is 0.219 e. The van der Waals surface area contributed by atoms with Gasteiger partial charge in [0.25, 0.3) is 0 Å². The first-order chi connectivity index (χ1) is 13.0. The first kappa shape index (κ1) is 19.5. The standard InChI is InChI=1S/C22H30N2O3/c1-16(25)24(2)18-7-6-12-22(14-18,15-23)17-10-11-20(26-3)21(13-17)27-19-8-4-5-9-19/h10-11,13,18-19H,4-9,12,14H2,1-3H3. The third kappa shape index (κ3) is 4.05. The zero-order chi connectivity index (χ0) is 19.4. The van der Waals surface area contributed by atoms with E-state index in [1.165, 1.54) is 12.8 Å². The Bertz CT molecular complexity index is 721. The number of nitrogens with zero attached hydrogens (tertiary/aromatic N) is 2. The van der Waals surface area contributed by atoms with Crippen LogP contribution in [-0.2, 0) is 10.2 Å². The summed E-state index contributed by atoms with van der Waals surface area (Å²) >= 11 is 0. The van der Waals surface area contributed by atoms with Gasteiger partial charge in [0.15, 0.2) is 11.5 Å². The summed E-state index contributed by atoms with van der Waals surface area (Å²) in [5, 5.41) is 10.1. The molecule has 3 rings (SSSR count). The topological polar surface area (TPSA) is 62.6 Å². The van der Waals surface area contributed by atoms with Gasteiger partial charge in [-0.1, -0.05) is 6.07 Å². The molecule has 1 aromatic carbocycles. The minimum Gasteiger partial charge on any atom is -0.493 e. The molecule has 0 aromatic heterocycles. The number of nitriles is 1. The maximum atomic E-state index is 11.8. The molecule has 2 aliphatic carbocycles. The molecule has 0 heterocycles. The Balaban J connectivity index is 1.90. The summed E-state index contributed by atoms with van der Waals surface area (Å²) < 4.78 is 11.7. The summed E-state index contributed by atoms with van der Waals surface area (Å²) in [7, 11) is 3.48. The molecule has 2 aliphatic rings. The number of hydrogen-bond donors (Lipinski definition) is 0. The summed E-state index contributed by atoms with van der Waals surface area (Å²) in [6, 6.07) is 8.57. The number of rotatable bonds is 5. The summed E-state index contributed by atoms with van der Waals surface area (Å²) in [6.45, 7) is 1.59. The Morgan fingerprint density at radius 1 is 1.22 bits per heavy atom. The van der Waals surface area contributed by atoms with Crippen molar-refractivity contribution in [3.8, 4) is 17.6 Å². The average molecular weight is 370 g/mol. The van der Waals surface area contributed by atoms with Gasteiger partial charge < -0.3 is 14.4 Å². The van der Waals surface area contributed by atoms with Gasteiger partial charge in [-0.25, -0.2) is 0 Å². The quantitative estimate of drug-likeness (QED) is 0.779. The highest BCUT2D eigenvalue weighted by Gasteiger charge is 2.40. The van der Waals surface area contributed by atoms with Gasteiger partial charge in [0.2, 0.25) is 5.91 Å². The van der Waals surface area contributed by atoms with Crippen LogP contribution in [0.3, 0.4) is 0 Å². The van der Waals surface area contributed by atoms with E-state index in [0.29, 0.717) is 12.2 Å². The van der Waals surface area contributed by atoms with E-state index < -0.39 is 5.41 Å². The van der Waals surface area contributed by atoms with E-state index in [0.717, 1.165) is 43.4 Å². The van der Waals surface area contributed by atoms with Crippen molar-refractivity contribution in [2.24, 2.45) is 0 Å². The number of benzene rings is 1. The molecule has 5 heteroatoms. The van der Waals surface area contributed by atoms with Crippen LogP contribution in [0.25, 0.3) is 0 Å². The molecular weight excluding hydrogens is 340 g/mol. The summed E-state index contributed by atoms with van der Waals surface area (Å²) in [4.78, 5) is 13.6. The van der Waals surface area contributed by atoms with E-state index in [9.17, 15) is 10.1 Å². The fraction of sp³-hybridized carbons (Fsp3) is 0.636. The minimum absolute atomic E-state index is 0.0497. The number of ether oxygens (including phenoxy) is 2. The molecule has 0 radical (unpaired) electrons. The second-order valence-corrected chi connectivity index (χ2v) is 7.96. The van der Waals surface area contributed by atoms with E-state index in [-0.39, 0.29) is 18.1 Å². The van der Waals surface area contributed by atoms with E-state index >= 15 is 0 Å². The molecule has 0 bridgehead atoms. The van der Waals surface area contributed by atoms with Gasteiger partial charge in [-0.2, -0.15) is 5.26 Å². The van der Waals surface area contributed by atoms with Gasteiger partial charge in [-0.15, -0.1) is 0 Å². The fourth-order valence-corrected chi connectivity index (χ4v) is 4.51. The van der Waals surface area contributed by atoms with Crippen molar-refractivity contribution in [1.29, 1.82) is 5.26 Å². The molecule has 0 saturated heterocycles. The average Bonchev–Trinajstić information content (AvgIpc) is 3.20. The van der Waals surface area contributed by atoms with Crippen molar-refractivity contribution in [3.05, 3.63) is 23.8 Å². The lowest BCUT2D eigenvalue weighted by Gasteiger charge is -2.40. The number of methoxy groups -OCH3 is 1. The third-order valence-electron chi connectivity index (χ3n) is 6.30. The van der Waals surface area contributed by atoms with Crippen molar-refractivity contribution in [2.75, 3.05) is 14.2 Å².